The monoisotopic (exact) mass is 634 g/mol. The second kappa shape index (κ2) is 15.6. The Balaban J connectivity index is 0.000000172. The van der Waals surface area contributed by atoms with E-state index in [0.29, 0.717) is 12.8 Å². The third-order valence-corrected chi connectivity index (χ3v) is 9.00. The number of aliphatic imine (C=N–C) groups is 2. The molecular weight excluding hydrogens is 588 g/mol. The van der Waals surface area contributed by atoms with Crippen LogP contribution in [0.2, 0.25) is 0 Å². The Bertz CT molecular complexity index is 1590. The van der Waals surface area contributed by atoms with Crippen LogP contribution in [-0.2, 0) is 19.4 Å². The Morgan fingerprint density at radius 1 is 0.660 bits per heavy atom. The summed E-state index contributed by atoms with van der Waals surface area (Å²) in [7, 11) is 0. The van der Waals surface area contributed by atoms with E-state index in [9.17, 15) is 10.2 Å². The van der Waals surface area contributed by atoms with Gasteiger partial charge in [-0.05, 0) is 80.8 Å². The van der Waals surface area contributed by atoms with Gasteiger partial charge in [-0.1, -0.05) is 54.6 Å². The molecule has 2 aromatic heterocycles. The van der Waals surface area contributed by atoms with Gasteiger partial charge >= 0.3 is 0 Å². The van der Waals surface area contributed by atoms with Gasteiger partial charge in [-0.25, -0.2) is 9.97 Å². The van der Waals surface area contributed by atoms with Crippen LogP contribution in [0.3, 0.4) is 0 Å². The molecule has 4 aliphatic rings. The summed E-state index contributed by atoms with van der Waals surface area (Å²) in [6.45, 7) is 5.96. The maximum Gasteiger partial charge on any atom is 0.131 e. The molecule has 0 bridgehead atoms. The van der Waals surface area contributed by atoms with Crippen LogP contribution >= 0.6 is 0 Å². The van der Waals surface area contributed by atoms with Crippen LogP contribution in [0.1, 0.15) is 42.6 Å². The Hall–Kier alpha value is -4.22. The first kappa shape index (κ1) is 32.7. The number of nitrogens with zero attached hydrogens (tertiary/aromatic N) is 5. The molecule has 0 aliphatic carbocycles. The number of pyridine rings is 2. The number of aromatic nitrogens is 2. The van der Waals surface area contributed by atoms with Gasteiger partial charge < -0.3 is 26.2 Å². The highest BCUT2D eigenvalue weighted by molar-refractivity contribution is 6.05. The lowest BCUT2D eigenvalue weighted by Gasteiger charge is -2.38. The SMILES string of the molecule is OC1(Cc2cccc(NC3=NCC=C3)n2)CCN(Cc2ccccc2)CC1.OC1(Cc2cccc(NC3=NCC=C3)n2)CCNCC1. The number of amidine groups is 2. The third kappa shape index (κ3) is 9.89. The Kier molecular flexibility index (Phi) is 10.8. The zero-order chi connectivity index (χ0) is 32.4. The number of aliphatic hydroxyl groups is 2. The molecular formula is C37H46N8O2. The highest BCUT2D eigenvalue weighted by Gasteiger charge is 2.33. The fourth-order valence-electron chi connectivity index (χ4n) is 6.35. The van der Waals surface area contributed by atoms with Crippen molar-refractivity contribution in [2.75, 3.05) is 49.9 Å². The van der Waals surface area contributed by atoms with Crippen LogP contribution in [0.4, 0.5) is 11.6 Å². The highest BCUT2D eigenvalue weighted by atomic mass is 16.3. The summed E-state index contributed by atoms with van der Waals surface area (Å²) in [6, 6.07) is 22.3. The van der Waals surface area contributed by atoms with Gasteiger partial charge in [0.15, 0.2) is 0 Å². The smallest absolute Gasteiger partial charge is 0.131 e. The summed E-state index contributed by atoms with van der Waals surface area (Å²) in [4.78, 5) is 20.3. The van der Waals surface area contributed by atoms with E-state index in [2.05, 4.69) is 65.1 Å². The van der Waals surface area contributed by atoms with Crippen molar-refractivity contribution in [3.8, 4) is 0 Å². The molecule has 2 fully saturated rings. The van der Waals surface area contributed by atoms with Crippen LogP contribution in [0.5, 0.6) is 0 Å². The highest BCUT2D eigenvalue weighted by Crippen LogP contribution is 2.27. The van der Waals surface area contributed by atoms with Gasteiger partial charge in [0.25, 0.3) is 0 Å². The zero-order valence-electron chi connectivity index (χ0n) is 27.0. The molecule has 0 saturated carbocycles. The first-order valence-electron chi connectivity index (χ1n) is 16.7. The average molecular weight is 635 g/mol. The third-order valence-electron chi connectivity index (χ3n) is 9.00. The summed E-state index contributed by atoms with van der Waals surface area (Å²) in [5, 5.41) is 31.3. The second-order valence-corrected chi connectivity index (χ2v) is 12.8. The number of hydrogen-bond donors (Lipinski definition) is 5. The van der Waals surface area contributed by atoms with E-state index in [1.807, 2.05) is 66.8 Å². The molecule has 10 heteroatoms. The summed E-state index contributed by atoms with van der Waals surface area (Å²) >= 11 is 0. The molecule has 6 heterocycles. The molecule has 0 unspecified atom stereocenters. The van der Waals surface area contributed by atoms with Crippen LogP contribution in [-0.4, -0.2) is 87.2 Å². The van der Waals surface area contributed by atoms with E-state index < -0.39 is 11.2 Å². The van der Waals surface area contributed by atoms with E-state index in [1.165, 1.54) is 5.56 Å². The average Bonchev–Trinajstić information content (AvgIpc) is 3.79. The van der Waals surface area contributed by atoms with Crippen molar-refractivity contribution in [1.29, 1.82) is 0 Å². The van der Waals surface area contributed by atoms with Gasteiger partial charge in [-0.15, -0.1) is 0 Å². The lowest BCUT2D eigenvalue weighted by molar-refractivity contribution is -0.0231. The predicted molar refractivity (Wildman–Crippen MR) is 189 cm³/mol. The minimum atomic E-state index is -0.677. The van der Waals surface area contributed by atoms with E-state index in [0.717, 1.165) is 106 Å². The van der Waals surface area contributed by atoms with Gasteiger partial charge in [0.05, 0.1) is 24.3 Å². The molecule has 1 aromatic carbocycles. The maximum atomic E-state index is 11.1. The minimum absolute atomic E-state index is 0.587. The number of likely N-dealkylation sites (tertiary alicyclic amines) is 1. The number of rotatable bonds is 8. The summed E-state index contributed by atoms with van der Waals surface area (Å²) < 4.78 is 0. The molecule has 3 aromatic rings. The van der Waals surface area contributed by atoms with Crippen LogP contribution in [0, 0.1) is 0 Å². The first-order chi connectivity index (χ1) is 22.9. The van der Waals surface area contributed by atoms with Crippen molar-refractivity contribution >= 4 is 23.3 Å². The van der Waals surface area contributed by atoms with Crippen LogP contribution < -0.4 is 16.0 Å². The normalized spacial score (nSPS) is 19.8. The Labute approximate surface area is 277 Å². The number of benzene rings is 1. The van der Waals surface area contributed by atoms with Gasteiger partial charge in [0, 0.05) is 43.9 Å². The summed E-state index contributed by atoms with van der Waals surface area (Å²) in [6.07, 6.45) is 12.2. The standard InChI is InChI=1S/C22H26N4O.C15H20N4O/c27-22(11-14-26(15-12-22)17-18-6-2-1-3-7-18)16-19-8-4-9-21(24-19)25-20-10-5-13-23-20;20-15(6-9-16-10-7-15)11-12-3-1-4-14(18-12)19-13-5-2-8-17-13/h1-10,27H,11-17H2,(H,23,24,25);1-5,16,20H,6-11H2,(H,17,18,19). The fraction of sp³-hybridized carbons (Fsp3) is 0.405. The fourth-order valence-corrected chi connectivity index (χ4v) is 6.35. The second-order valence-electron chi connectivity index (χ2n) is 12.8. The lowest BCUT2D eigenvalue weighted by Crippen LogP contribution is -2.45. The minimum Gasteiger partial charge on any atom is -0.389 e. The molecule has 0 amide bonds. The quantitative estimate of drug-likeness (QED) is 0.250. The van der Waals surface area contributed by atoms with Crippen molar-refractivity contribution in [2.24, 2.45) is 9.98 Å². The van der Waals surface area contributed by atoms with Crippen molar-refractivity contribution < 1.29 is 10.2 Å². The number of piperidine rings is 2. The lowest BCUT2D eigenvalue weighted by atomic mass is 9.86. The van der Waals surface area contributed by atoms with Crippen molar-refractivity contribution in [1.82, 2.24) is 20.2 Å². The Morgan fingerprint density at radius 2 is 1.19 bits per heavy atom. The molecule has 0 radical (unpaired) electrons. The maximum absolute atomic E-state index is 11.1. The predicted octanol–water partition coefficient (Wildman–Crippen LogP) is 4.15. The summed E-state index contributed by atoms with van der Waals surface area (Å²) in [5.74, 6) is 3.25. The molecule has 10 nitrogen and oxygen atoms in total. The van der Waals surface area contributed by atoms with E-state index in [4.69, 9.17) is 0 Å². The van der Waals surface area contributed by atoms with E-state index in [-0.39, 0.29) is 0 Å². The summed E-state index contributed by atoms with van der Waals surface area (Å²) in [5.41, 5.74) is 1.86. The first-order valence-corrected chi connectivity index (χ1v) is 16.7. The molecule has 7 rings (SSSR count). The van der Waals surface area contributed by atoms with Crippen molar-refractivity contribution in [3.05, 3.63) is 108 Å². The van der Waals surface area contributed by atoms with Gasteiger partial charge in [-0.2, -0.15) is 0 Å². The molecule has 4 aliphatic heterocycles. The van der Waals surface area contributed by atoms with Gasteiger partial charge in [-0.3, -0.25) is 14.9 Å². The zero-order valence-corrected chi connectivity index (χ0v) is 27.0. The largest absolute Gasteiger partial charge is 0.389 e. The molecule has 246 valence electrons. The molecule has 0 spiro atoms. The molecule has 47 heavy (non-hydrogen) atoms. The Morgan fingerprint density at radius 3 is 1.70 bits per heavy atom. The van der Waals surface area contributed by atoms with Gasteiger partial charge in [0.1, 0.15) is 23.3 Å². The van der Waals surface area contributed by atoms with Crippen molar-refractivity contribution in [2.45, 2.75) is 56.3 Å². The number of anilines is 2. The number of hydrogen-bond acceptors (Lipinski definition) is 10. The van der Waals surface area contributed by atoms with E-state index in [1.54, 1.807) is 0 Å². The van der Waals surface area contributed by atoms with Crippen molar-refractivity contribution in [3.63, 3.8) is 0 Å². The van der Waals surface area contributed by atoms with E-state index >= 15 is 0 Å². The van der Waals surface area contributed by atoms with Gasteiger partial charge in [0.2, 0.25) is 0 Å². The molecule has 5 N–H and O–H groups in total. The van der Waals surface area contributed by atoms with Crippen LogP contribution in [0.25, 0.3) is 0 Å². The van der Waals surface area contributed by atoms with Crippen LogP contribution in [0.15, 0.2) is 101 Å². The topological polar surface area (TPSA) is 130 Å². The molecule has 0 atom stereocenters. The number of nitrogens with one attached hydrogen (secondary N) is 3. The molecule has 2 saturated heterocycles.